The maximum Gasteiger partial charge on any atom is 0.335 e. The van der Waals surface area contributed by atoms with Crippen molar-refractivity contribution in [2.24, 2.45) is 0 Å². The van der Waals surface area contributed by atoms with E-state index in [0.29, 0.717) is 57.0 Å². The van der Waals surface area contributed by atoms with E-state index in [1.165, 1.54) is 18.9 Å². The minimum absolute atomic E-state index is 0.145. The van der Waals surface area contributed by atoms with Crippen molar-refractivity contribution in [3.05, 3.63) is 81.5 Å². The lowest BCUT2D eigenvalue weighted by Gasteiger charge is -2.16. The van der Waals surface area contributed by atoms with Crippen molar-refractivity contribution in [2.45, 2.75) is 45.2 Å². The summed E-state index contributed by atoms with van der Waals surface area (Å²) in [6, 6.07) is 14.0. The zero-order chi connectivity index (χ0) is 25.9. The minimum Gasteiger partial charge on any atom is -0.491 e. The molecule has 0 atom stereocenters. The molecule has 0 amide bonds. The first-order valence-electron chi connectivity index (χ1n) is 12.3. The average molecular weight is 519 g/mol. The van der Waals surface area contributed by atoms with Gasteiger partial charge in [0.2, 0.25) is 0 Å². The lowest BCUT2D eigenvalue weighted by atomic mass is 10.0. The van der Waals surface area contributed by atoms with Gasteiger partial charge in [-0.05, 0) is 61.7 Å². The highest BCUT2D eigenvalue weighted by Gasteiger charge is 2.17. The smallest absolute Gasteiger partial charge is 0.335 e. The van der Waals surface area contributed by atoms with Gasteiger partial charge in [0.05, 0.1) is 29.2 Å². The highest BCUT2D eigenvalue weighted by molar-refractivity contribution is 6.31. The second-order valence-electron chi connectivity index (χ2n) is 9.20. The van der Waals surface area contributed by atoms with Crippen molar-refractivity contribution in [1.29, 1.82) is 0 Å². The molecule has 0 unspecified atom stereocenters. The molecular formula is C28H27ClN4O4. The van der Waals surface area contributed by atoms with Gasteiger partial charge in [0.15, 0.2) is 0 Å². The van der Waals surface area contributed by atoms with E-state index >= 15 is 0 Å². The van der Waals surface area contributed by atoms with Crippen LogP contribution in [-0.2, 0) is 6.54 Å². The van der Waals surface area contributed by atoms with E-state index in [0.717, 1.165) is 12.8 Å². The Morgan fingerprint density at radius 1 is 1.19 bits per heavy atom. The molecule has 1 aliphatic rings. The Balaban J connectivity index is 1.37. The second kappa shape index (κ2) is 10.6. The van der Waals surface area contributed by atoms with Crippen LogP contribution < -0.4 is 15.6 Å². The predicted molar refractivity (Wildman–Crippen MR) is 144 cm³/mol. The van der Waals surface area contributed by atoms with Crippen molar-refractivity contribution in [2.75, 3.05) is 11.9 Å². The molecule has 1 fully saturated rings. The third-order valence-electron chi connectivity index (χ3n) is 6.67. The number of anilines is 1. The Labute approximate surface area is 218 Å². The number of aryl methyl sites for hydroxylation is 1. The van der Waals surface area contributed by atoms with Gasteiger partial charge in [-0.3, -0.25) is 9.36 Å². The van der Waals surface area contributed by atoms with Crippen LogP contribution in [0, 0.1) is 6.92 Å². The fourth-order valence-corrected chi connectivity index (χ4v) is 4.95. The van der Waals surface area contributed by atoms with Crippen LogP contribution in [0.2, 0.25) is 5.02 Å². The fourth-order valence-electron chi connectivity index (χ4n) is 4.78. The summed E-state index contributed by atoms with van der Waals surface area (Å²) in [6.07, 6.45) is 6.28. The van der Waals surface area contributed by atoms with E-state index in [1.807, 2.05) is 0 Å². The Kier molecular flexibility index (Phi) is 7.10. The molecule has 9 heteroatoms. The Morgan fingerprint density at radius 2 is 2.00 bits per heavy atom. The molecule has 37 heavy (non-hydrogen) atoms. The number of rotatable bonds is 8. The molecule has 0 bridgehead atoms. The van der Waals surface area contributed by atoms with Crippen molar-refractivity contribution in [1.82, 2.24) is 14.5 Å². The number of ether oxygens (including phenoxy) is 1. The molecule has 8 nitrogen and oxygen atoms in total. The number of aromatic nitrogens is 3. The van der Waals surface area contributed by atoms with Crippen LogP contribution in [0.15, 0.2) is 59.5 Å². The van der Waals surface area contributed by atoms with Crippen molar-refractivity contribution >= 4 is 34.3 Å². The van der Waals surface area contributed by atoms with Crippen LogP contribution in [0.3, 0.4) is 0 Å². The molecule has 0 radical (unpaired) electrons. The number of nitrogens with zero attached hydrogens (tertiary/aromatic N) is 3. The zero-order valence-electron chi connectivity index (χ0n) is 20.4. The largest absolute Gasteiger partial charge is 0.491 e. The molecule has 1 aliphatic carbocycles. The number of carboxylic acids is 1. The normalized spacial score (nSPS) is 13.7. The lowest BCUT2D eigenvalue weighted by Crippen LogP contribution is -2.27. The highest BCUT2D eigenvalue weighted by Crippen LogP contribution is 2.33. The molecule has 2 aromatic heterocycles. The summed E-state index contributed by atoms with van der Waals surface area (Å²) in [5.41, 5.74) is 1.94. The lowest BCUT2D eigenvalue weighted by molar-refractivity contribution is 0.0697. The molecule has 2 N–H and O–H groups in total. The summed E-state index contributed by atoms with van der Waals surface area (Å²) in [5.74, 6) is 0.796. The van der Waals surface area contributed by atoms with E-state index in [9.17, 15) is 14.7 Å². The third kappa shape index (κ3) is 5.44. The number of carboxylic acid groups (broad SMARTS) is 1. The van der Waals surface area contributed by atoms with E-state index in [1.54, 1.807) is 60.2 Å². The fraction of sp³-hybridized carbons (Fsp3) is 0.286. The van der Waals surface area contributed by atoms with Gasteiger partial charge in [-0.1, -0.05) is 36.6 Å². The minimum atomic E-state index is -1.01. The number of fused-ring (bicyclic) bond motifs is 1. The van der Waals surface area contributed by atoms with Gasteiger partial charge in [-0.15, -0.1) is 0 Å². The third-order valence-corrected chi connectivity index (χ3v) is 6.91. The number of carbonyl (C=O) groups is 1. The second-order valence-corrected chi connectivity index (χ2v) is 9.64. The van der Waals surface area contributed by atoms with Gasteiger partial charge < -0.3 is 15.2 Å². The number of aromatic carboxylic acids is 1. The Hall–Kier alpha value is -3.91. The van der Waals surface area contributed by atoms with Gasteiger partial charge in [0, 0.05) is 16.6 Å². The van der Waals surface area contributed by atoms with E-state index in [2.05, 4.69) is 15.3 Å². The van der Waals surface area contributed by atoms with Crippen LogP contribution in [0.4, 0.5) is 5.82 Å². The maximum atomic E-state index is 13.4. The Bertz CT molecular complexity index is 1530. The molecule has 4 aromatic rings. The molecule has 1 saturated carbocycles. The summed E-state index contributed by atoms with van der Waals surface area (Å²) in [5, 5.41) is 13.8. The molecule has 0 aliphatic heterocycles. The van der Waals surface area contributed by atoms with Crippen molar-refractivity contribution < 1.29 is 14.6 Å². The zero-order valence-corrected chi connectivity index (χ0v) is 21.2. The van der Waals surface area contributed by atoms with Crippen molar-refractivity contribution in [3.63, 3.8) is 0 Å². The molecule has 0 spiro atoms. The average Bonchev–Trinajstić information content (AvgIpc) is 3.40. The first kappa shape index (κ1) is 24.8. The van der Waals surface area contributed by atoms with Crippen LogP contribution in [0.25, 0.3) is 22.0 Å². The first-order valence-corrected chi connectivity index (χ1v) is 12.7. The van der Waals surface area contributed by atoms with Gasteiger partial charge in [-0.2, -0.15) is 0 Å². The van der Waals surface area contributed by atoms with E-state index in [4.69, 9.17) is 16.3 Å². The predicted octanol–water partition coefficient (Wildman–Crippen LogP) is 5.55. The van der Waals surface area contributed by atoms with Gasteiger partial charge in [0.1, 0.15) is 24.0 Å². The standard InChI is InChI=1S/C28H27ClN4O4/c1-17-31-24-16-30-26(32-21-7-2-3-8-21)15-23(24)27(34)33(17)11-12-37-25-10-9-20(29)14-22(25)18-5-4-6-19(13-18)28(35)36/h4-6,9-10,13-16,21H,2-3,7-8,11-12H2,1H3,(H,30,32)(H,35,36). The van der Waals surface area contributed by atoms with Gasteiger partial charge in [-0.25, -0.2) is 14.8 Å². The molecule has 5 rings (SSSR count). The summed E-state index contributed by atoms with van der Waals surface area (Å²) in [4.78, 5) is 33.8. The maximum absolute atomic E-state index is 13.4. The van der Waals surface area contributed by atoms with Crippen molar-refractivity contribution in [3.8, 4) is 16.9 Å². The van der Waals surface area contributed by atoms with Crippen LogP contribution in [-0.4, -0.2) is 38.3 Å². The van der Waals surface area contributed by atoms with Crippen LogP contribution >= 0.6 is 11.6 Å². The summed E-state index contributed by atoms with van der Waals surface area (Å²) in [6.45, 7) is 2.29. The number of halogens is 1. The summed E-state index contributed by atoms with van der Waals surface area (Å²) < 4.78 is 7.67. The Morgan fingerprint density at radius 3 is 2.78 bits per heavy atom. The summed E-state index contributed by atoms with van der Waals surface area (Å²) >= 11 is 6.23. The monoisotopic (exact) mass is 518 g/mol. The summed E-state index contributed by atoms with van der Waals surface area (Å²) in [7, 11) is 0. The molecular weight excluding hydrogens is 492 g/mol. The number of benzene rings is 2. The molecule has 2 heterocycles. The van der Waals surface area contributed by atoms with Crippen LogP contribution in [0.5, 0.6) is 5.75 Å². The number of hydrogen-bond donors (Lipinski definition) is 2. The molecule has 190 valence electrons. The SMILES string of the molecule is Cc1nc2cnc(NC3CCCC3)cc2c(=O)n1CCOc1ccc(Cl)cc1-c1cccc(C(=O)O)c1. The number of hydrogen-bond acceptors (Lipinski definition) is 6. The van der Waals surface area contributed by atoms with Gasteiger partial charge in [0.25, 0.3) is 5.56 Å². The quantitative estimate of drug-likeness (QED) is 0.315. The number of pyridine rings is 1. The topological polar surface area (TPSA) is 106 Å². The van der Waals surface area contributed by atoms with Gasteiger partial charge >= 0.3 is 5.97 Å². The van der Waals surface area contributed by atoms with Crippen LogP contribution in [0.1, 0.15) is 41.9 Å². The van der Waals surface area contributed by atoms with E-state index in [-0.39, 0.29) is 17.7 Å². The first-order chi connectivity index (χ1) is 17.9. The molecule has 0 saturated heterocycles. The highest BCUT2D eigenvalue weighted by atomic mass is 35.5. The van der Waals surface area contributed by atoms with E-state index < -0.39 is 5.97 Å². The molecule has 2 aromatic carbocycles. The number of nitrogens with one attached hydrogen (secondary N) is 1.